The fourth-order valence-corrected chi connectivity index (χ4v) is 1.58. The lowest BCUT2D eigenvalue weighted by Crippen LogP contribution is -2.19. The maximum atomic E-state index is 11.9. The van der Waals surface area contributed by atoms with Crippen molar-refractivity contribution in [3.63, 3.8) is 0 Å². The van der Waals surface area contributed by atoms with Crippen LogP contribution in [0.5, 0.6) is 0 Å². The molecule has 0 saturated carbocycles. The molecule has 1 amide bonds. The van der Waals surface area contributed by atoms with Gasteiger partial charge in [-0.2, -0.15) is 9.50 Å². The Labute approximate surface area is 103 Å². The van der Waals surface area contributed by atoms with E-state index >= 15 is 0 Å². The molecule has 7 heteroatoms. The van der Waals surface area contributed by atoms with Crippen LogP contribution in [-0.4, -0.2) is 25.5 Å². The number of fused-ring (bicyclic) bond motifs is 1. The third-order valence-electron chi connectivity index (χ3n) is 2.70. The second-order valence-corrected chi connectivity index (χ2v) is 4.13. The van der Waals surface area contributed by atoms with Crippen molar-refractivity contribution in [3.05, 3.63) is 21.6 Å². The van der Waals surface area contributed by atoms with Crippen molar-refractivity contribution in [2.45, 2.75) is 33.6 Å². The molecular weight excluding hydrogens is 234 g/mol. The van der Waals surface area contributed by atoms with Crippen LogP contribution in [0.3, 0.4) is 0 Å². The van der Waals surface area contributed by atoms with Gasteiger partial charge in [0.15, 0.2) is 0 Å². The summed E-state index contributed by atoms with van der Waals surface area (Å²) in [6.07, 6.45) is 1.17. The molecule has 0 aliphatic heterocycles. The number of nitrogens with one attached hydrogen (secondary N) is 2. The van der Waals surface area contributed by atoms with E-state index in [1.54, 1.807) is 13.8 Å². The molecule has 7 nitrogen and oxygen atoms in total. The lowest BCUT2D eigenvalue weighted by atomic mass is 10.3. The number of carbonyl (C=O) groups excluding carboxylic acids is 1. The van der Waals surface area contributed by atoms with Crippen LogP contribution in [0.15, 0.2) is 4.79 Å². The van der Waals surface area contributed by atoms with E-state index < -0.39 is 0 Å². The van der Waals surface area contributed by atoms with Crippen molar-refractivity contribution < 1.29 is 4.79 Å². The molecule has 0 unspecified atom stereocenters. The summed E-state index contributed by atoms with van der Waals surface area (Å²) in [4.78, 5) is 31.6. The molecule has 0 aliphatic rings. The molecule has 2 heterocycles. The van der Waals surface area contributed by atoms with E-state index in [0.29, 0.717) is 17.7 Å². The standard InChI is InChI=1S/C11H15N5O2/c1-4-5-8(17)13-10-14-11-12-7(3)6(2)9(18)16(11)15-10/h4-5H2,1-3H3,(H2,12,13,14,15,17). The molecule has 0 bridgehead atoms. The zero-order chi connectivity index (χ0) is 13.3. The first-order valence-electron chi connectivity index (χ1n) is 5.78. The average molecular weight is 249 g/mol. The summed E-state index contributed by atoms with van der Waals surface area (Å²) in [5.74, 6) is 0.357. The predicted molar refractivity (Wildman–Crippen MR) is 66.6 cm³/mol. The number of H-pyrrole nitrogens is 1. The minimum absolute atomic E-state index is 0.141. The summed E-state index contributed by atoms with van der Waals surface area (Å²) in [5, 5.41) is 5.31. The molecule has 2 rings (SSSR count). The number of carbonyl (C=O) groups is 1. The lowest BCUT2D eigenvalue weighted by Gasteiger charge is -1.98. The minimum Gasteiger partial charge on any atom is -0.295 e. The molecule has 2 N–H and O–H groups in total. The number of hydrogen-bond donors (Lipinski definition) is 2. The second-order valence-electron chi connectivity index (χ2n) is 4.13. The smallest absolute Gasteiger partial charge is 0.277 e. The number of aryl methyl sites for hydroxylation is 1. The highest BCUT2D eigenvalue weighted by atomic mass is 16.2. The summed E-state index contributed by atoms with van der Waals surface area (Å²) in [6, 6.07) is 0. The van der Waals surface area contributed by atoms with Gasteiger partial charge in [-0.3, -0.25) is 20.0 Å². The van der Waals surface area contributed by atoms with Crippen molar-refractivity contribution in [3.8, 4) is 0 Å². The minimum atomic E-state index is -0.207. The Kier molecular flexibility index (Phi) is 3.14. The fraction of sp³-hybridized carbons (Fsp3) is 0.455. The van der Waals surface area contributed by atoms with Crippen LogP contribution in [0.25, 0.3) is 5.78 Å². The lowest BCUT2D eigenvalue weighted by molar-refractivity contribution is -0.116. The Morgan fingerprint density at radius 3 is 2.78 bits per heavy atom. The summed E-state index contributed by atoms with van der Waals surface area (Å²) >= 11 is 0. The SMILES string of the molecule is CCCC(=O)Nc1nc2nc(C)c(C)c(=O)n2[nH]1. The first-order valence-corrected chi connectivity index (χ1v) is 5.78. The first kappa shape index (κ1) is 12.3. The zero-order valence-corrected chi connectivity index (χ0v) is 10.6. The molecule has 0 atom stereocenters. The van der Waals surface area contributed by atoms with Crippen LogP contribution in [0.4, 0.5) is 5.95 Å². The van der Waals surface area contributed by atoms with Gasteiger partial charge in [0.2, 0.25) is 11.9 Å². The van der Waals surface area contributed by atoms with Crippen LogP contribution in [0.2, 0.25) is 0 Å². The normalized spacial score (nSPS) is 10.8. The maximum Gasteiger partial charge on any atom is 0.277 e. The highest BCUT2D eigenvalue weighted by Crippen LogP contribution is 2.04. The van der Waals surface area contributed by atoms with E-state index in [0.717, 1.165) is 6.42 Å². The van der Waals surface area contributed by atoms with Gasteiger partial charge in [0.05, 0.1) is 0 Å². The van der Waals surface area contributed by atoms with Gasteiger partial charge >= 0.3 is 0 Å². The zero-order valence-electron chi connectivity index (χ0n) is 10.6. The molecular formula is C11H15N5O2. The van der Waals surface area contributed by atoms with E-state index in [1.165, 1.54) is 4.52 Å². The van der Waals surface area contributed by atoms with Crippen molar-refractivity contribution in [1.29, 1.82) is 0 Å². The number of amides is 1. The molecule has 2 aromatic heterocycles. The summed E-state index contributed by atoms with van der Waals surface area (Å²) < 4.78 is 1.23. The third kappa shape index (κ3) is 2.11. The van der Waals surface area contributed by atoms with Gasteiger partial charge in [-0.1, -0.05) is 6.92 Å². The number of aromatic amines is 1. The maximum absolute atomic E-state index is 11.9. The number of nitrogens with zero attached hydrogens (tertiary/aromatic N) is 3. The van der Waals surface area contributed by atoms with E-state index in [2.05, 4.69) is 20.4 Å². The van der Waals surface area contributed by atoms with Crippen LogP contribution in [0, 0.1) is 13.8 Å². The van der Waals surface area contributed by atoms with Gasteiger partial charge < -0.3 is 0 Å². The molecule has 18 heavy (non-hydrogen) atoms. The summed E-state index contributed by atoms with van der Waals surface area (Å²) in [7, 11) is 0. The number of anilines is 1. The van der Waals surface area contributed by atoms with Gasteiger partial charge in [0.1, 0.15) is 0 Å². The molecule has 2 aromatic rings. The Morgan fingerprint density at radius 1 is 1.39 bits per heavy atom. The predicted octanol–water partition coefficient (Wildman–Crippen LogP) is 0.773. The second kappa shape index (κ2) is 4.59. The van der Waals surface area contributed by atoms with E-state index in [4.69, 9.17) is 0 Å². The summed E-state index contributed by atoms with van der Waals surface area (Å²) in [6.45, 7) is 5.37. The largest absolute Gasteiger partial charge is 0.295 e. The topological polar surface area (TPSA) is 92.2 Å². The third-order valence-corrected chi connectivity index (χ3v) is 2.70. The Hall–Kier alpha value is -2.18. The van der Waals surface area contributed by atoms with E-state index in [9.17, 15) is 9.59 Å². The van der Waals surface area contributed by atoms with E-state index in [-0.39, 0.29) is 23.2 Å². The molecule has 96 valence electrons. The highest BCUT2D eigenvalue weighted by molar-refractivity contribution is 5.88. The monoisotopic (exact) mass is 249 g/mol. The highest BCUT2D eigenvalue weighted by Gasteiger charge is 2.11. The number of aromatic nitrogens is 4. The van der Waals surface area contributed by atoms with Crippen LogP contribution in [-0.2, 0) is 4.79 Å². The molecule has 0 aliphatic carbocycles. The molecule has 0 aromatic carbocycles. The average Bonchev–Trinajstić information content (AvgIpc) is 2.69. The van der Waals surface area contributed by atoms with Gasteiger partial charge in [-0.05, 0) is 20.3 Å². The quantitative estimate of drug-likeness (QED) is 0.840. The van der Waals surface area contributed by atoms with Gasteiger partial charge in [-0.15, -0.1) is 0 Å². The number of rotatable bonds is 3. The molecule has 0 saturated heterocycles. The molecule has 0 radical (unpaired) electrons. The van der Waals surface area contributed by atoms with Gasteiger partial charge in [-0.25, -0.2) is 4.98 Å². The van der Waals surface area contributed by atoms with Crippen LogP contribution < -0.4 is 10.9 Å². The Morgan fingerprint density at radius 2 is 2.11 bits per heavy atom. The van der Waals surface area contributed by atoms with Crippen LogP contribution >= 0.6 is 0 Å². The summed E-state index contributed by atoms with van der Waals surface area (Å²) in [5.41, 5.74) is 0.988. The van der Waals surface area contributed by atoms with Crippen molar-refractivity contribution in [2.24, 2.45) is 0 Å². The number of hydrogen-bond acceptors (Lipinski definition) is 4. The molecule has 0 spiro atoms. The Balaban J connectivity index is 2.42. The fourth-order valence-electron chi connectivity index (χ4n) is 1.58. The van der Waals surface area contributed by atoms with Gasteiger partial charge in [0, 0.05) is 17.7 Å². The Bertz CT molecular complexity index is 655. The van der Waals surface area contributed by atoms with Crippen molar-refractivity contribution in [1.82, 2.24) is 19.6 Å². The van der Waals surface area contributed by atoms with E-state index in [1.807, 2.05) is 6.92 Å². The van der Waals surface area contributed by atoms with Gasteiger partial charge in [0.25, 0.3) is 11.3 Å². The van der Waals surface area contributed by atoms with Crippen molar-refractivity contribution in [2.75, 3.05) is 5.32 Å². The van der Waals surface area contributed by atoms with Crippen molar-refractivity contribution >= 4 is 17.6 Å². The first-order chi connectivity index (χ1) is 8.52. The molecule has 0 fully saturated rings. The van der Waals surface area contributed by atoms with Crippen LogP contribution in [0.1, 0.15) is 31.0 Å².